The molecule has 1 heterocycles. The molecule has 2 rings (SSSR count). The second kappa shape index (κ2) is 9.80. The molecule has 7 heteroatoms. The second-order valence-electron chi connectivity index (χ2n) is 7.74. The lowest BCUT2D eigenvalue weighted by Crippen LogP contribution is -2.39. The highest BCUT2D eigenvalue weighted by Gasteiger charge is 2.27. The third-order valence-corrected chi connectivity index (χ3v) is 6.52. The van der Waals surface area contributed by atoms with E-state index in [0.717, 1.165) is 17.7 Å². The van der Waals surface area contributed by atoms with Crippen molar-refractivity contribution in [1.82, 2.24) is 9.71 Å². The van der Waals surface area contributed by atoms with Gasteiger partial charge in [-0.15, -0.1) is 0 Å². The zero-order valence-electron chi connectivity index (χ0n) is 16.7. The molecule has 0 bridgehead atoms. The molecule has 152 valence electrons. The largest absolute Gasteiger partial charge is 0.326 e. The number of nitrogens with one attached hydrogen (secondary N) is 2. The van der Waals surface area contributed by atoms with Crippen LogP contribution in [-0.2, 0) is 21.2 Å². The Morgan fingerprint density at radius 1 is 0.964 bits per heavy atom. The fourth-order valence-electron chi connectivity index (χ4n) is 2.50. The molecule has 0 fully saturated rings. The summed E-state index contributed by atoms with van der Waals surface area (Å²) in [4.78, 5) is 16.1. The summed E-state index contributed by atoms with van der Waals surface area (Å²) in [5.74, 6) is -0.0689. The number of amides is 1. The van der Waals surface area contributed by atoms with Crippen LogP contribution < -0.4 is 10.0 Å². The number of anilines is 1. The highest BCUT2D eigenvalue weighted by molar-refractivity contribution is 7.90. The number of carbonyl (C=O) groups is 1. The maximum absolute atomic E-state index is 12.1. The molecule has 0 spiro atoms. The molecule has 2 aromatic rings. The van der Waals surface area contributed by atoms with E-state index in [-0.39, 0.29) is 5.91 Å². The highest BCUT2D eigenvalue weighted by atomic mass is 32.2. The first kappa shape index (κ1) is 22.0. The van der Waals surface area contributed by atoms with Crippen LogP contribution in [0.2, 0.25) is 0 Å². The van der Waals surface area contributed by atoms with Gasteiger partial charge in [0.1, 0.15) is 0 Å². The average molecular weight is 404 g/mol. The maximum atomic E-state index is 12.1. The first-order valence-electron chi connectivity index (χ1n) is 9.44. The summed E-state index contributed by atoms with van der Waals surface area (Å²) in [6.07, 6.45) is 5.97. The minimum Gasteiger partial charge on any atom is -0.326 e. The van der Waals surface area contributed by atoms with E-state index >= 15 is 0 Å². The highest BCUT2D eigenvalue weighted by Crippen LogP contribution is 2.15. The molecule has 0 aliphatic heterocycles. The van der Waals surface area contributed by atoms with Crippen LogP contribution in [0.4, 0.5) is 5.69 Å². The molecule has 1 amide bonds. The smallest absolute Gasteiger partial charge is 0.224 e. The monoisotopic (exact) mass is 403 g/mol. The van der Waals surface area contributed by atoms with Crippen LogP contribution in [0.3, 0.4) is 0 Å². The van der Waals surface area contributed by atoms with Crippen LogP contribution in [0.25, 0.3) is 0 Å². The summed E-state index contributed by atoms with van der Waals surface area (Å²) >= 11 is 0. The number of sulfonamides is 1. The minimum atomic E-state index is -3.33. The average Bonchev–Trinajstić information content (AvgIpc) is 2.63. The van der Waals surface area contributed by atoms with Crippen LogP contribution in [0, 0.1) is 0 Å². The summed E-state index contributed by atoms with van der Waals surface area (Å²) in [6.45, 7) is 5.32. The van der Waals surface area contributed by atoms with Crippen molar-refractivity contribution in [3.63, 3.8) is 0 Å². The van der Waals surface area contributed by atoms with E-state index in [1.165, 1.54) is 5.56 Å². The lowest BCUT2D eigenvalue weighted by atomic mass is 10.1. The van der Waals surface area contributed by atoms with E-state index in [9.17, 15) is 13.2 Å². The number of benzene rings is 1. The topological polar surface area (TPSA) is 88.2 Å². The van der Waals surface area contributed by atoms with Crippen LogP contribution in [0.1, 0.15) is 51.2 Å². The number of aromatic nitrogens is 1. The van der Waals surface area contributed by atoms with Crippen molar-refractivity contribution >= 4 is 21.6 Å². The van der Waals surface area contributed by atoms with Gasteiger partial charge in [-0.05, 0) is 75.4 Å². The molecule has 0 saturated heterocycles. The molecular formula is C21H29N3O3S. The van der Waals surface area contributed by atoms with E-state index in [4.69, 9.17) is 0 Å². The number of pyridine rings is 1. The van der Waals surface area contributed by atoms with Gasteiger partial charge in [-0.25, -0.2) is 13.1 Å². The van der Waals surface area contributed by atoms with Crippen LogP contribution in [0.5, 0.6) is 0 Å². The van der Waals surface area contributed by atoms with Gasteiger partial charge in [0.05, 0.1) is 4.75 Å². The normalized spacial score (nSPS) is 12.0. The van der Waals surface area contributed by atoms with Gasteiger partial charge in [0, 0.05) is 31.0 Å². The maximum Gasteiger partial charge on any atom is 0.224 e. The van der Waals surface area contributed by atoms with Gasteiger partial charge in [0.25, 0.3) is 0 Å². The molecular weight excluding hydrogens is 374 g/mol. The standard InChI is InChI=1S/C21H29N3O3S/c1-21(2,3)28(26,27)23-13-5-4-6-20(25)24-19-9-7-17(8-10-19)16-18-11-14-22-15-12-18/h7-12,14-15,23H,4-6,13,16H2,1-3H3,(H,24,25). The van der Waals surface area contributed by atoms with Crippen LogP contribution in [0.15, 0.2) is 48.8 Å². The molecule has 6 nitrogen and oxygen atoms in total. The lowest BCUT2D eigenvalue weighted by molar-refractivity contribution is -0.116. The van der Waals surface area contributed by atoms with Gasteiger partial charge in [0.15, 0.2) is 0 Å². The van der Waals surface area contributed by atoms with Gasteiger partial charge < -0.3 is 5.32 Å². The van der Waals surface area contributed by atoms with Crippen molar-refractivity contribution in [2.75, 3.05) is 11.9 Å². The zero-order chi connectivity index (χ0) is 20.6. The Kier molecular flexibility index (Phi) is 7.71. The number of rotatable bonds is 9. The van der Waals surface area contributed by atoms with E-state index in [0.29, 0.717) is 25.8 Å². The van der Waals surface area contributed by atoms with Gasteiger partial charge in [-0.3, -0.25) is 9.78 Å². The summed E-state index contributed by atoms with van der Waals surface area (Å²) in [6, 6.07) is 11.8. The molecule has 2 N–H and O–H groups in total. The van der Waals surface area contributed by atoms with Crippen molar-refractivity contribution in [2.45, 2.75) is 51.2 Å². The number of hydrogen-bond donors (Lipinski definition) is 2. The molecule has 0 aliphatic rings. The molecule has 1 aromatic carbocycles. The summed E-state index contributed by atoms with van der Waals surface area (Å²) in [7, 11) is -3.33. The van der Waals surface area contributed by atoms with Crippen molar-refractivity contribution in [3.05, 3.63) is 59.9 Å². The first-order chi connectivity index (χ1) is 13.2. The Morgan fingerprint density at radius 2 is 1.57 bits per heavy atom. The zero-order valence-corrected chi connectivity index (χ0v) is 17.6. The number of nitrogens with zero attached hydrogens (tertiary/aromatic N) is 1. The summed E-state index contributed by atoms with van der Waals surface area (Å²) in [5, 5.41) is 2.88. The van der Waals surface area contributed by atoms with E-state index < -0.39 is 14.8 Å². The third-order valence-electron chi connectivity index (χ3n) is 4.32. The molecule has 0 radical (unpaired) electrons. The second-order valence-corrected chi connectivity index (χ2v) is 10.3. The van der Waals surface area contributed by atoms with Crippen molar-refractivity contribution in [3.8, 4) is 0 Å². The molecule has 0 saturated carbocycles. The molecule has 0 atom stereocenters. The number of unbranched alkanes of at least 4 members (excludes halogenated alkanes) is 1. The fraction of sp³-hybridized carbons (Fsp3) is 0.429. The van der Waals surface area contributed by atoms with Gasteiger partial charge in [-0.2, -0.15) is 0 Å². The Balaban J connectivity index is 1.70. The molecule has 28 heavy (non-hydrogen) atoms. The Morgan fingerprint density at radius 3 is 2.18 bits per heavy atom. The van der Waals surface area contributed by atoms with Crippen LogP contribution >= 0.6 is 0 Å². The van der Waals surface area contributed by atoms with E-state index in [1.807, 2.05) is 36.4 Å². The predicted octanol–water partition coefficient (Wildman–Crippen LogP) is 3.50. The van der Waals surface area contributed by atoms with Gasteiger partial charge in [0.2, 0.25) is 15.9 Å². The van der Waals surface area contributed by atoms with Crippen molar-refractivity contribution in [2.24, 2.45) is 0 Å². The fourth-order valence-corrected chi connectivity index (χ4v) is 3.35. The summed E-state index contributed by atoms with van der Waals surface area (Å²) in [5.41, 5.74) is 3.11. The summed E-state index contributed by atoms with van der Waals surface area (Å²) < 4.78 is 25.6. The third kappa shape index (κ3) is 7.05. The number of hydrogen-bond acceptors (Lipinski definition) is 4. The Bertz CT molecular complexity index is 858. The number of carbonyl (C=O) groups excluding carboxylic acids is 1. The Hall–Kier alpha value is -2.25. The predicted molar refractivity (Wildman–Crippen MR) is 113 cm³/mol. The lowest BCUT2D eigenvalue weighted by Gasteiger charge is -2.19. The van der Waals surface area contributed by atoms with E-state index in [2.05, 4.69) is 15.0 Å². The van der Waals surface area contributed by atoms with Crippen LogP contribution in [-0.4, -0.2) is 30.6 Å². The molecule has 1 aromatic heterocycles. The van der Waals surface area contributed by atoms with Crippen molar-refractivity contribution < 1.29 is 13.2 Å². The van der Waals surface area contributed by atoms with E-state index in [1.54, 1.807) is 33.2 Å². The minimum absolute atomic E-state index is 0.0689. The van der Waals surface area contributed by atoms with Gasteiger partial charge in [-0.1, -0.05) is 12.1 Å². The Labute approximate surface area is 167 Å². The van der Waals surface area contributed by atoms with Crippen molar-refractivity contribution in [1.29, 1.82) is 0 Å². The quantitative estimate of drug-likeness (QED) is 0.627. The SMILES string of the molecule is CC(C)(C)S(=O)(=O)NCCCCC(=O)Nc1ccc(Cc2ccncc2)cc1. The molecule has 0 unspecified atom stereocenters. The van der Waals surface area contributed by atoms with Gasteiger partial charge >= 0.3 is 0 Å². The first-order valence-corrected chi connectivity index (χ1v) is 10.9. The molecule has 0 aliphatic carbocycles.